The minimum Gasteiger partial charge on any atom is -0.335 e. The zero-order valence-corrected chi connectivity index (χ0v) is 13.0. The molecule has 0 saturated heterocycles. The highest BCUT2D eigenvalue weighted by Gasteiger charge is 2.28. The Morgan fingerprint density at radius 3 is 2.60 bits per heavy atom. The molecule has 1 aromatic carbocycles. The molecule has 0 bridgehead atoms. The quantitative estimate of drug-likeness (QED) is 0.827. The number of halogens is 1. The molecular formula is C16H22FNOS. The number of hydrogen-bond acceptors (Lipinski definition) is 2. The highest BCUT2D eigenvalue weighted by atomic mass is 32.1. The van der Waals surface area contributed by atoms with E-state index in [1.807, 2.05) is 4.90 Å². The predicted octanol–water partition coefficient (Wildman–Crippen LogP) is 4.16. The van der Waals surface area contributed by atoms with Gasteiger partial charge in [-0.05, 0) is 37.0 Å². The van der Waals surface area contributed by atoms with Crippen LogP contribution < -0.4 is 0 Å². The molecule has 1 aromatic rings. The van der Waals surface area contributed by atoms with Crippen LogP contribution in [0, 0.1) is 11.7 Å². The molecule has 0 radical (unpaired) electrons. The van der Waals surface area contributed by atoms with Crippen molar-refractivity contribution < 1.29 is 9.18 Å². The van der Waals surface area contributed by atoms with Crippen molar-refractivity contribution in [3.05, 3.63) is 29.6 Å². The molecule has 4 heteroatoms. The zero-order chi connectivity index (χ0) is 14.7. The highest BCUT2D eigenvalue weighted by Crippen LogP contribution is 2.26. The fraction of sp³-hybridized carbons (Fsp3) is 0.562. The van der Waals surface area contributed by atoms with E-state index in [0.717, 1.165) is 19.4 Å². The van der Waals surface area contributed by atoms with Gasteiger partial charge in [-0.2, -0.15) is 0 Å². The average Bonchev–Trinajstić information content (AvgIpc) is 2.92. The first-order valence-electron chi connectivity index (χ1n) is 7.28. The van der Waals surface area contributed by atoms with Gasteiger partial charge >= 0.3 is 0 Å². The van der Waals surface area contributed by atoms with Crippen molar-refractivity contribution in [3.8, 4) is 0 Å². The van der Waals surface area contributed by atoms with E-state index in [2.05, 4.69) is 26.5 Å². The number of thiol groups is 1. The lowest BCUT2D eigenvalue weighted by molar-refractivity contribution is 0.0655. The van der Waals surface area contributed by atoms with Crippen LogP contribution in [0.1, 0.15) is 49.9 Å². The van der Waals surface area contributed by atoms with Gasteiger partial charge in [0.1, 0.15) is 5.82 Å². The Hall–Kier alpha value is -1.03. The van der Waals surface area contributed by atoms with E-state index in [1.54, 1.807) is 6.07 Å². The highest BCUT2D eigenvalue weighted by molar-refractivity contribution is 7.80. The normalized spacial score (nSPS) is 15.8. The Morgan fingerprint density at radius 2 is 2.05 bits per heavy atom. The van der Waals surface area contributed by atoms with Crippen LogP contribution in [0.3, 0.4) is 0 Å². The van der Waals surface area contributed by atoms with Gasteiger partial charge in [0.2, 0.25) is 0 Å². The van der Waals surface area contributed by atoms with Gasteiger partial charge in [0.15, 0.2) is 0 Å². The van der Waals surface area contributed by atoms with Crippen molar-refractivity contribution in [2.24, 2.45) is 5.92 Å². The number of hydrogen-bond donors (Lipinski definition) is 1. The molecule has 1 saturated carbocycles. The number of carbonyl (C=O) groups is 1. The van der Waals surface area contributed by atoms with E-state index in [9.17, 15) is 9.18 Å². The molecule has 0 N–H and O–H groups in total. The van der Waals surface area contributed by atoms with Crippen LogP contribution in [0.5, 0.6) is 0 Å². The Balaban J connectivity index is 2.22. The summed E-state index contributed by atoms with van der Waals surface area (Å²) in [5, 5.41) is 0. The summed E-state index contributed by atoms with van der Waals surface area (Å²) in [6, 6.07) is 4.74. The van der Waals surface area contributed by atoms with Crippen molar-refractivity contribution >= 4 is 18.5 Å². The molecule has 2 rings (SSSR count). The predicted molar refractivity (Wildman–Crippen MR) is 81.8 cm³/mol. The van der Waals surface area contributed by atoms with Crippen molar-refractivity contribution in [3.63, 3.8) is 0 Å². The molecule has 1 amide bonds. The molecule has 0 aliphatic heterocycles. The molecule has 0 heterocycles. The molecule has 0 spiro atoms. The second-order valence-electron chi connectivity index (χ2n) is 5.96. The smallest absolute Gasteiger partial charge is 0.254 e. The fourth-order valence-electron chi connectivity index (χ4n) is 2.82. The summed E-state index contributed by atoms with van der Waals surface area (Å²) in [6.45, 7) is 4.98. The summed E-state index contributed by atoms with van der Waals surface area (Å²) in [5.74, 6) is 0.0394. The lowest BCUT2D eigenvalue weighted by atomic mass is 10.1. The number of carbonyl (C=O) groups excluding carboxylic acids is 1. The first-order valence-corrected chi connectivity index (χ1v) is 7.73. The minimum absolute atomic E-state index is 0.000833. The summed E-state index contributed by atoms with van der Waals surface area (Å²) in [6.07, 6.45) is 4.53. The van der Waals surface area contributed by atoms with Crippen LogP contribution in [0.2, 0.25) is 0 Å². The second-order valence-corrected chi connectivity index (χ2v) is 6.44. The standard InChI is InChI=1S/C16H22FNOS/c1-11(2)10-18(13-5-3-4-6-13)16(19)12-7-8-14(17)15(20)9-12/h7-9,11,13,20H,3-6,10H2,1-2H3. The molecule has 1 aliphatic rings. The van der Waals surface area contributed by atoms with Gasteiger partial charge in [-0.15, -0.1) is 12.6 Å². The summed E-state index contributed by atoms with van der Waals surface area (Å²) in [7, 11) is 0. The van der Waals surface area contributed by atoms with E-state index in [1.165, 1.54) is 25.0 Å². The van der Waals surface area contributed by atoms with Crippen LogP contribution >= 0.6 is 12.6 Å². The first-order chi connectivity index (χ1) is 9.49. The maximum atomic E-state index is 13.3. The Bertz CT molecular complexity index is 483. The maximum absolute atomic E-state index is 13.3. The van der Waals surface area contributed by atoms with E-state index in [-0.39, 0.29) is 16.6 Å². The van der Waals surface area contributed by atoms with Crippen molar-refractivity contribution in [2.75, 3.05) is 6.54 Å². The minimum atomic E-state index is -0.388. The van der Waals surface area contributed by atoms with E-state index >= 15 is 0 Å². The zero-order valence-electron chi connectivity index (χ0n) is 12.1. The monoisotopic (exact) mass is 295 g/mol. The van der Waals surface area contributed by atoms with Crippen LogP contribution in [0.15, 0.2) is 23.1 Å². The van der Waals surface area contributed by atoms with Gasteiger partial charge in [-0.3, -0.25) is 4.79 Å². The summed E-state index contributed by atoms with van der Waals surface area (Å²) in [5.41, 5.74) is 0.531. The summed E-state index contributed by atoms with van der Waals surface area (Å²) >= 11 is 4.06. The van der Waals surface area contributed by atoms with Crippen LogP contribution in [0.4, 0.5) is 4.39 Å². The van der Waals surface area contributed by atoms with E-state index in [0.29, 0.717) is 17.5 Å². The van der Waals surface area contributed by atoms with Crippen molar-refractivity contribution in [2.45, 2.75) is 50.5 Å². The van der Waals surface area contributed by atoms with Gasteiger partial charge in [-0.1, -0.05) is 26.7 Å². The van der Waals surface area contributed by atoms with E-state index in [4.69, 9.17) is 0 Å². The van der Waals surface area contributed by atoms with Crippen LogP contribution in [0.25, 0.3) is 0 Å². The largest absolute Gasteiger partial charge is 0.335 e. The lowest BCUT2D eigenvalue weighted by Crippen LogP contribution is -2.41. The van der Waals surface area contributed by atoms with Gasteiger partial charge in [0.25, 0.3) is 5.91 Å². The van der Waals surface area contributed by atoms with Gasteiger partial charge < -0.3 is 4.90 Å². The third-order valence-electron chi connectivity index (χ3n) is 3.78. The lowest BCUT2D eigenvalue weighted by Gasteiger charge is -2.30. The molecule has 0 atom stereocenters. The SMILES string of the molecule is CC(C)CN(C(=O)c1ccc(F)c(S)c1)C1CCCC1. The molecule has 0 unspecified atom stereocenters. The number of nitrogens with zero attached hydrogens (tertiary/aromatic N) is 1. The van der Waals surface area contributed by atoms with Gasteiger partial charge in [-0.25, -0.2) is 4.39 Å². The summed E-state index contributed by atoms with van der Waals surface area (Å²) < 4.78 is 13.3. The molecule has 2 nitrogen and oxygen atoms in total. The second kappa shape index (κ2) is 6.61. The van der Waals surface area contributed by atoms with Gasteiger partial charge in [0.05, 0.1) is 0 Å². The molecule has 1 fully saturated rings. The molecule has 1 aliphatic carbocycles. The molecule has 110 valence electrons. The van der Waals surface area contributed by atoms with Crippen molar-refractivity contribution in [1.29, 1.82) is 0 Å². The Kier molecular flexibility index (Phi) is 5.08. The molecular weight excluding hydrogens is 273 g/mol. The first kappa shape index (κ1) is 15.4. The average molecular weight is 295 g/mol. The Morgan fingerprint density at radius 1 is 1.40 bits per heavy atom. The molecule has 0 aromatic heterocycles. The number of rotatable bonds is 4. The third-order valence-corrected chi connectivity index (χ3v) is 4.12. The third kappa shape index (κ3) is 3.54. The van der Waals surface area contributed by atoms with Crippen molar-refractivity contribution in [1.82, 2.24) is 4.90 Å². The van der Waals surface area contributed by atoms with Crippen LogP contribution in [-0.4, -0.2) is 23.4 Å². The topological polar surface area (TPSA) is 20.3 Å². The fourth-order valence-corrected chi connectivity index (χ4v) is 3.03. The van der Waals surface area contributed by atoms with Crippen LogP contribution in [-0.2, 0) is 0 Å². The number of benzene rings is 1. The summed E-state index contributed by atoms with van der Waals surface area (Å²) in [4.78, 5) is 14.9. The molecule has 20 heavy (non-hydrogen) atoms. The number of amides is 1. The van der Waals surface area contributed by atoms with E-state index < -0.39 is 0 Å². The van der Waals surface area contributed by atoms with Gasteiger partial charge in [0, 0.05) is 23.0 Å². The Labute approximate surface area is 125 Å². The maximum Gasteiger partial charge on any atom is 0.254 e.